The SMILES string of the molecule is Clc1ccccc1[P+](c1ccccc1Cl)(c1ccccc1Cl)c1ccccc1Cl.[OH-]. The maximum atomic E-state index is 6.81. The topological polar surface area (TPSA) is 30.0 Å². The van der Waals surface area contributed by atoms with E-state index in [0.717, 1.165) is 21.2 Å². The van der Waals surface area contributed by atoms with Gasteiger partial charge in [0.05, 0.1) is 20.1 Å². The van der Waals surface area contributed by atoms with Crippen molar-refractivity contribution in [2.24, 2.45) is 0 Å². The fraction of sp³-hybridized carbons (Fsp3) is 0. The molecule has 0 amide bonds. The molecule has 0 heterocycles. The molecule has 30 heavy (non-hydrogen) atoms. The Morgan fingerprint density at radius 1 is 0.367 bits per heavy atom. The molecule has 0 bridgehead atoms. The minimum atomic E-state index is -2.58. The lowest BCUT2D eigenvalue weighted by Gasteiger charge is -2.30. The van der Waals surface area contributed by atoms with Crippen molar-refractivity contribution in [3.8, 4) is 0 Å². The van der Waals surface area contributed by atoms with Gasteiger partial charge in [0.1, 0.15) is 21.2 Å². The van der Waals surface area contributed by atoms with Gasteiger partial charge >= 0.3 is 0 Å². The summed E-state index contributed by atoms with van der Waals surface area (Å²) < 4.78 is 0. The monoisotopic (exact) mass is 492 g/mol. The molecule has 0 unspecified atom stereocenters. The lowest BCUT2D eigenvalue weighted by Crippen LogP contribution is -2.40. The summed E-state index contributed by atoms with van der Waals surface area (Å²) in [4.78, 5) is 0. The van der Waals surface area contributed by atoms with Crippen LogP contribution in [0.4, 0.5) is 0 Å². The van der Waals surface area contributed by atoms with Crippen LogP contribution in [0.5, 0.6) is 0 Å². The highest BCUT2D eigenvalue weighted by Crippen LogP contribution is 2.59. The van der Waals surface area contributed by atoms with Crippen LogP contribution < -0.4 is 21.2 Å². The van der Waals surface area contributed by atoms with Gasteiger partial charge in [0.15, 0.2) is 7.26 Å². The van der Waals surface area contributed by atoms with Crippen LogP contribution in [-0.2, 0) is 0 Å². The van der Waals surface area contributed by atoms with Crippen LogP contribution in [0.1, 0.15) is 0 Å². The Morgan fingerprint density at radius 2 is 0.567 bits per heavy atom. The zero-order chi connectivity index (χ0) is 20.4. The average molecular weight is 494 g/mol. The van der Waals surface area contributed by atoms with E-state index in [2.05, 4.69) is 0 Å². The van der Waals surface area contributed by atoms with Gasteiger partial charge in [0.2, 0.25) is 0 Å². The average Bonchev–Trinajstić information content (AvgIpc) is 2.73. The lowest BCUT2D eigenvalue weighted by atomic mass is 10.3. The Balaban J connectivity index is 0.00000256. The molecule has 6 heteroatoms. The standard InChI is InChI=1S/C24H16Cl4P.H2O/c25-17-9-1-5-13-21(17)29(22-14-6-2-10-18(22)26,23-15-7-3-11-19(23)27)24-16-8-4-12-20(24)28;/h1-16H;1H2/q+1;/p-1. The Hall–Kier alpha value is -1.57. The number of rotatable bonds is 4. The van der Waals surface area contributed by atoms with E-state index in [1.807, 2.05) is 97.1 Å². The van der Waals surface area contributed by atoms with Gasteiger partial charge in [-0.15, -0.1) is 0 Å². The van der Waals surface area contributed by atoms with Crippen molar-refractivity contribution >= 4 is 74.9 Å². The molecule has 0 aliphatic rings. The van der Waals surface area contributed by atoms with Crippen LogP contribution in [0.25, 0.3) is 0 Å². The zero-order valence-corrected chi connectivity index (χ0v) is 19.6. The quantitative estimate of drug-likeness (QED) is 0.289. The number of halogens is 4. The lowest BCUT2D eigenvalue weighted by molar-refractivity contribution is 0.824. The van der Waals surface area contributed by atoms with E-state index in [4.69, 9.17) is 46.4 Å². The maximum Gasteiger partial charge on any atom is 0.150 e. The first kappa shape index (κ1) is 23.1. The highest BCUT2D eigenvalue weighted by molar-refractivity contribution is 8.02. The molecule has 0 radical (unpaired) electrons. The third kappa shape index (κ3) is 3.87. The van der Waals surface area contributed by atoms with Crippen LogP contribution in [0.15, 0.2) is 97.1 Å². The maximum absolute atomic E-state index is 6.81. The summed E-state index contributed by atoms with van der Waals surface area (Å²) in [7, 11) is -2.58. The van der Waals surface area contributed by atoms with Crippen LogP contribution in [-0.4, -0.2) is 5.48 Å². The molecule has 1 N–H and O–H groups in total. The van der Waals surface area contributed by atoms with E-state index in [1.54, 1.807) is 0 Å². The number of hydrogen-bond donors (Lipinski definition) is 0. The molecule has 4 rings (SSSR count). The van der Waals surface area contributed by atoms with Crippen LogP contribution >= 0.6 is 53.7 Å². The molecular weight excluding hydrogens is 477 g/mol. The smallest absolute Gasteiger partial charge is 0.150 e. The summed E-state index contributed by atoms with van der Waals surface area (Å²) >= 11 is 27.3. The van der Waals surface area contributed by atoms with Crippen molar-refractivity contribution in [1.82, 2.24) is 0 Å². The van der Waals surface area contributed by atoms with Crippen molar-refractivity contribution in [2.75, 3.05) is 0 Å². The number of benzene rings is 4. The zero-order valence-electron chi connectivity index (χ0n) is 15.6. The highest BCUT2D eigenvalue weighted by Gasteiger charge is 2.52. The Bertz CT molecular complexity index is 991. The first-order chi connectivity index (χ1) is 14.1. The Labute approximate surface area is 196 Å². The second-order valence-corrected chi connectivity index (χ2v) is 11.4. The molecule has 4 aromatic carbocycles. The van der Waals surface area contributed by atoms with Crippen LogP contribution in [0, 0.1) is 0 Å². The molecule has 152 valence electrons. The first-order valence-corrected chi connectivity index (χ1v) is 12.3. The van der Waals surface area contributed by atoms with Crippen molar-refractivity contribution in [1.29, 1.82) is 0 Å². The number of hydrogen-bond acceptors (Lipinski definition) is 1. The summed E-state index contributed by atoms with van der Waals surface area (Å²) in [6.45, 7) is 0. The molecule has 0 aromatic heterocycles. The predicted molar refractivity (Wildman–Crippen MR) is 133 cm³/mol. The summed E-state index contributed by atoms with van der Waals surface area (Å²) in [5.41, 5.74) is 0. The molecule has 4 aromatic rings. The molecular formula is C24H17Cl4OP. The summed E-state index contributed by atoms with van der Waals surface area (Å²) in [6.07, 6.45) is 0. The van der Waals surface area contributed by atoms with E-state index in [-0.39, 0.29) is 5.48 Å². The van der Waals surface area contributed by atoms with Gasteiger partial charge in [0.25, 0.3) is 0 Å². The Morgan fingerprint density at radius 3 is 0.767 bits per heavy atom. The van der Waals surface area contributed by atoms with Gasteiger partial charge in [-0.05, 0) is 48.5 Å². The van der Waals surface area contributed by atoms with E-state index in [9.17, 15) is 0 Å². The summed E-state index contributed by atoms with van der Waals surface area (Å²) in [5, 5.41) is 6.49. The van der Waals surface area contributed by atoms with Gasteiger partial charge in [-0.25, -0.2) is 0 Å². The third-order valence-corrected chi connectivity index (χ3v) is 11.2. The molecule has 0 fully saturated rings. The van der Waals surface area contributed by atoms with Crippen LogP contribution in [0.3, 0.4) is 0 Å². The fourth-order valence-electron chi connectivity index (χ4n) is 3.67. The third-order valence-electron chi connectivity index (χ3n) is 4.86. The molecule has 0 saturated heterocycles. The van der Waals surface area contributed by atoms with Gasteiger partial charge < -0.3 is 5.48 Å². The van der Waals surface area contributed by atoms with E-state index < -0.39 is 7.26 Å². The Kier molecular flexibility index (Phi) is 7.47. The molecule has 1 nitrogen and oxygen atoms in total. The first-order valence-electron chi connectivity index (χ1n) is 8.96. The minimum absolute atomic E-state index is 0. The van der Waals surface area contributed by atoms with Crippen molar-refractivity contribution < 1.29 is 5.48 Å². The predicted octanol–water partition coefficient (Wildman–Crippen LogP) is 6.74. The van der Waals surface area contributed by atoms with Gasteiger partial charge in [-0.2, -0.15) is 0 Å². The molecule has 0 atom stereocenters. The molecule has 0 saturated carbocycles. The fourth-order valence-corrected chi connectivity index (χ4v) is 10.1. The highest BCUT2D eigenvalue weighted by atomic mass is 35.5. The van der Waals surface area contributed by atoms with Crippen LogP contribution in [0.2, 0.25) is 20.1 Å². The van der Waals surface area contributed by atoms with E-state index in [1.165, 1.54) is 0 Å². The van der Waals surface area contributed by atoms with Gasteiger partial charge in [-0.3, -0.25) is 0 Å². The van der Waals surface area contributed by atoms with Crippen molar-refractivity contribution in [2.45, 2.75) is 0 Å². The minimum Gasteiger partial charge on any atom is -0.870 e. The van der Waals surface area contributed by atoms with E-state index in [0.29, 0.717) is 20.1 Å². The van der Waals surface area contributed by atoms with Gasteiger partial charge in [-0.1, -0.05) is 94.9 Å². The molecule has 0 aliphatic carbocycles. The largest absolute Gasteiger partial charge is 0.870 e. The normalized spacial score (nSPS) is 11.1. The molecule has 0 aliphatic heterocycles. The van der Waals surface area contributed by atoms with Gasteiger partial charge in [0, 0.05) is 0 Å². The van der Waals surface area contributed by atoms with Crippen molar-refractivity contribution in [3.63, 3.8) is 0 Å². The second kappa shape index (κ2) is 9.71. The van der Waals surface area contributed by atoms with Crippen molar-refractivity contribution in [3.05, 3.63) is 117 Å². The van der Waals surface area contributed by atoms with E-state index >= 15 is 0 Å². The summed E-state index contributed by atoms with van der Waals surface area (Å²) in [6, 6.07) is 31.4. The second-order valence-electron chi connectivity index (χ2n) is 6.48. The molecule has 0 spiro atoms. The summed E-state index contributed by atoms with van der Waals surface area (Å²) in [5.74, 6) is 0.